The van der Waals surface area contributed by atoms with Gasteiger partial charge in [0.15, 0.2) is 0 Å². The number of rotatable bonds is 8. The van der Waals surface area contributed by atoms with Crippen molar-refractivity contribution in [1.82, 2.24) is 9.55 Å². The largest absolute Gasteiger partial charge is 0.459 e. The molecule has 3 N–H and O–H groups in total. The highest BCUT2D eigenvalue weighted by Crippen LogP contribution is 2.55. The average molecular weight is 394 g/mol. The smallest absolute Gasteiger partial charge is 0.330 e. The predicted molar refractivity (Wildman–Crippen MR) is 93.9 cm³/mol. The van der Waals surface area contributed by atoms with Gasteiger partial charge in [0.05, 0.1) is 12.7 Å². The molecule has 1 unspecified atom stereocenters. The number of nitrogens with one attached hydrogen (secondary N) is 1. The van der Waals surface area contributed by atoms with Crippen molar-refractivity contribution in [2.75, 3.05) is 13.2 Å². The van der Waals surface area contributed by atoms with Crippen LogP contribution in [0.2, 0.25) is 0 Å². The van der Waals surface area contributed by atoms with Crippen LogP contribution in [0.4, 0.5) is 0 Å². The van der Waals surface area contributed by atoms with Crippen LogP contribution in [-0.2, 0) is 26.0 Å². The zero-order chi connectivity index (χ0) is 18.6. The first-order valence-electron chi connectivity index (χ1n) is 8.01. The van der Waals surface area contributed by atoms with Gasteiger partial charge in [0.25, 0.3) is 12.7 Å². The molecule has 1 fully saturated rings. The Morgan fingerprint density at radius 1 is 1.48 bits per heavy atom. The van der Waals surface area contributed by atoms with Gasteiger partial charge in [-0.05, 0) is 13.3 Å². The lowest BCUT2D eigenvalue weighted by Crippen LogP contribution is -2.33. The topological polar surface area (TPSA) is 123 Å². The van der Waals surface area contributed by atoms with E-state index in [-0.39, 0.29) is 13.0 Å². The fourth-order valence-corrected chi connectivity index (χ4v) is 3.54. The maximum absolute atomic E-state index is 11.9. The molecule has 1 aromatic rings. The summed E-state index contributed by atoms with van der Waals surface area (Å²) in [4.78, 5) is 35.4. The molecule has 2 rings (SSSR count). The van der Waals surface area contributed by atoms with Gasteiger partial charge in [0, 0.05) is 18.2 Å². The van der Waals surface area contributed by atoms with Crippen molar-refractivity contribution < 1.29 is 23.8 Å². The third-order valence-corrected chi connectivity index (χ3v) is 5.43. The van der Waals surface area contributed by atoms with Crippen LogP contribution in [0.15, 0.2) is 15.8 Å². The maximum atomic E-state index is 11.9. The molecule has 25 heavy (non-hydrogen) atoms. The summed E-state index contributed by atoms with van der Waals surface area (Å²) < 4.78 is 17.2. The number of H-pyrrole nitrogens is 1. The lowest BCUT2D eigenvalue weighted by atomic mass is 10.2. The number of hydrogen-bond donors (Lipinski definition) is 3. The first kappa shape index (κ1) is 20.6. The van der Waals surface area contributed by atoms with Crippen molar-refractivity contribution in [2.45, 2.75) is 51.5 Å². The third kappa shape index (κ3) is 5.62. The summed E-state index contributed by atoms with van der Waals surface area (Å²) in [5.74, 6) is 0. The number of aromatic nitrogens is 2. The van der Waals surface area contributed by atoms with Gasteiger partial charge in [-0.1, -0.05) is 13.3 Å². The number of unbranched alkanes of at least 4 members (excludes halogenated alkanes) is 1. The first-order valence-corrected chi connectivity index (χ1v) is 10.6. The minimum atomic E-state index is -3.39. The van der Waals surface area contributed by atoms with Crippen LogP contribution in [-0.4, -0.2) is 45.0 Å². The number of aliphatic hydroxyl groups excluding tert-OH is 1. The number of aliphatic hydroxyl groups is 1. The Hall–Kier alpha value is -0.740. The number of aromatic amines is 1. The molecule has 1 saturated heterocycles. The van der Waals surface area contributed by atoms with Crippen molar-refractivity contribution >= 4 is 19.4 Å². The molecule has 0 saturated carbocycles. The van der Waals surface area contributed by atoms with Crippen molar-refractivity contribution in [2.24, 2.45) is 0 Å². The van der Waals surface area contributed by atoms with Gasteiger partial charge in [-0.3, -0.25) is 14.3 Å². The first-order chi connectivity index (χ1) is 11.7. The number of nitrogens with zero attached hydrogens (tertiary/aromatic N) is 1. The van der Waals surface area contributed by atoms with Crippen molar-refractivity contribution in [3.63, 3.8) is 0 Å². The fourth-order valence-electron chi connectivity index (χ4n) is 2.37. The lowest BCUT2D eigenvalue weighted by Gasteiger charge is -2.23. The highest BCUT2D eigenvalue weighted by atomic mass is 32.7. The number of ether oxygens (including phenoxy) is 1. The van der Waals surface area contributed by atoms with Gasteiger partial charge >= 0.3 is 5.69 Å². The lowest BCUT2D eigenvalue weighted by molar-refractivity contribution is -0.0440. The molecular formula is C14H23N2O7PS. The molecule has 11 heteroatoms. The van der Waals surface area contributed by atoms with E-state index in [1.165, 1.54) is 10.8 Å². The zero-order valence-corrected chi connectivity index (χ0v) is 15.8. The van der Waals surface area contributed by atoms with Crippen LogP contribution in [0.1, 0.15) is 38.0 Å². The molecule has 0 amide bonds. The van der Waals surface area contributed by atoms with E-state index in [4.69, 9.17) is 26.0 Å². The molecule has 2 heterocycles. The molecule has 0 aliphatic carbocycles. The molecular weight excluding hydrogens is 371 g/mol. The highest BCUT2D eigenvalue weighted by molar-refractivity contribution is 8.35. The molecule has 9 nitrogen and oxygen atoms in total. The second-order valence-electron chi connectivity index (χ2n) is 5.86. The fraction of sp³-hybridized carbons (Fsp3) is 0.714. The van der Waals surface area contributed by atoms with Crippen LogP contribution in [0.5, 0.6) is 0 Å². The van der Waals surface area contributed by atoms with E-state index >= 15 is 0 Å². The van der Waals surface area contributed by atoms with E-state index in [1.54, 1.807) is 6.92 Å². The Kier molecular flexibility index (Phi) is 7.21. The normalized spacial score (nSPS) is 25.9. The number of hydrogen-bond acceptors (Lipinski definition) is 8. The van der Waals surface area contributed by atoms with Gasteiger partial charge in [-0.25, -0.2) is 9.69 Å². The molecule has 4 atom stereocenters. The van der Waals surface area contributed by atoms with E-state index in [0.717, 1.165) is 12.8 Å². The van der Waals surface area contributed by atoms with E-state index in [9.17, 15) is 19.6 Å². The molecule has 0 spiro atoms. The standard InChI is InChI=1S/C14H23N2O7PS/c1-3-4-5-21-24(20,25)22-8-11-10(17)6-12(23-11)16-7-9(2)13(18)15-14(16)19/h7,10-12,17H,3-6,8H2,1-2H3,(H,20,25)(H,15,18,19)/t10-,11+,12+,24?/m0/s1. The molecule has 142 valence electrons. The van der Waals surface area contributed by atoms with Crippen LogP contribution in [0.25, 0.3) is 0 Å². The summed E-state index contributed by atoms with van der Waals surface area (Å²) in [5.41, 5.74) is -0.734. The predicted octanol–water partition coefficient (Wildman–Crippen LogP) is 0.544. The second kappa shape index (κ2) is 8.77. The highest BCUT2D eigenvalue weighted by Gasteiger charge is 2.38. The minimum absolute atomic E-state index is 0.143. The van der Waals surface area contributed by atoms with E-state index in [1.807, 2.05) is 6.92 Å². The molecule has 1 aliphatic heterocycles. The Bertz CT molecular complexity index is 692. The Morgan fingerprint density at radius 3 is 2.88 bits per heavy atom. The summed E-state index contributed by atoms with van der Waals surface area (Å²) in [6, 6.07) is 0. The van der Waals surface area contributed by atoms with Crippen molar-refractivity contribution in [3.05, 3.63) is 32.6 Å². The summed E-state index contributed by atoms with van der Waals surface area (Å²) in [7, 11) is -3.39. The Balaban J connectivity index is 1.96. The van der Waals surface area contributed by atoms with Gasteiger partial charge in [0.2, 0.25) is 0 Å². The van der Waals surface area contributed by atoms with E-state index in [0.29, 0.717) is 12.2 Å². The minimum Gasteiger partial charge on any atom is -0.459 e. The molecule has 0 radical (unpaired) electrons. The van der Waals surface area contributed by atoms with Crippen molar-refractivity contribution in [3.8, 4) is 0 Å². The average Bonchev–Trinajstić information content (AvgIpc) is 2.90. The second-order valence-corrected chi connectivity index (χ2v) is 8.70. The van der Waals surface area contributed by atoms with Crippen molar-refractivity contribution in [1.29, 1.82) is 0 Å². The van der Waals surface area contributed by atoms with E-state index in [2.05, 4.69) is 4.98 Å². The Morgan fingerprint density at radius 2 is 2.20 bits per heavy atom. The van der Waals surface area contributed by atoms with Gasteiger partial charge in [-0.15, -0.1) is 0 Å². The Labute approximate surface area is 150 Å². The molecule has 1 aromatic heterocycles. The van der Waals surface area contributed by atoms with Gasteiger partial charge in [-0.2, -0.15) is 9.05 Å². The van der Waals surface area contributed by atoms with Gasteiger partial charge in [0.1, 0.15) is 18.9 Å². The van der Waals surface area contributed by atoms with Crippen LogP contribution in [0.3, 0.4) is 0 Å². The third-order valence-electron chi connectivity index (χ3n) is 3.81. The van der Waals surface area contributed by atoms with Crippen LogP contribution < -0.4 is 11.2 Å². The summed E-state index contributed by atoms with van der Waals surface area (Å²) in [6.07, 6.45) is 0.750. The maximum Gasteiger partial charge on any atom is 0.330 e. The quantitative estimate of drug-likeness (QED) is 0.332. The molecule has 1 aliphatic rings. The monoisotopic (exact) mass is 394 g/mol. The summed E-state index contributed by atoms with van der Waals surface area (Å²) in [6.45, 7) is 3.69. The number of aryl methyl sites for hydroxylation is 1. The summed E-state index contributed by atoms with van der Waals surface area (Å²) in [5, 5.41) is 10.1. The van der Waals surface area contributed by atoms with E-state index < -0.39 is 36.8 Å². The zero-order valence-electron chi connectivity index (χ0n) is 14.1. The van der Waals surface area contributed by atoms with Crippen LogP contribution in [0, 0.1) is 6.92 Å². The summed E-state index contributed by atoms with van der Waals surface area (Å²) >= 11 is 4.90. The molecule has 0 aromatic carbocycles. The van der Waals surface area contributed by atoms with Gasteiger partial charge < -0.3 is 22.1 Å². The SMILES string of the molecule is CCCCO[P+](O)([S-])OC[C@H]1O[C@@H](n2cc(C)c(=O)[nH]c2=O)C[C@@H]1O. The van der Waals surface area contributed by atoms with Crippen LogP contribution >= 0.6 is 7.15 Å². The molecule has 0 bridgehead atoms.